The van der Waals surface area contributed by atoms with Gasteiger partial charge in [-0.15, -0.1) is 6.58 Å². The SMILES string of the molecule is C=CCN1C(=O)C(=O)/C(=C(/O)c2ccc(C)nc2)C1c1ccc(C(F)(F)F)cc1. The zero-order valence-corrected chi connectivity index (χ0v) is 15.4. The highest BCUT2D eigenvalue weighted by Gasteiger charge is 2.45. The molecule has 3 rings (SSSR count). The molecule has 8 heteroatoms. The van der Waals surface area contributed by atoms with Crippen LogP contribution in [-0.4, -0.2) is 33.2 Å². The second-order valence-corrected chi connectivity index (χ2v) is 6.55. The maximum atomic E-state index is 12.9. The fourth-order valence-corrected chi connectivity index (χ4v) is 3.17. The lowest BCUT2D eigenvalue weighted by Crippen LogP contribution is -2.29. The van der Waals surface area contributed by atoms with Crippen molar-refractivity contribution >= 4 is 17.4 Å². The molecule has 1 unspecified atom stereocenters. The van der Waals surface area contributed by atoms with Crippen molar-refractivity contribution in [3.8, 4) is 0 Å². The fourth-order valence-electron chi connectivity index (χ4n) is 3.17. The van der Waals surface area contributed by atoms with E-state index in [1.54, 1.807) is 19.1 Å². The molecule has 1 aliphatic rings. The number of carbonyl (C=O) groups excluding carboxylic acids is 2. The minimum atomic E-state index is -4.52. The molecule has 0 radical (unpaired) electrons. The first-order chi connectivity index (χ1) is 13.6. The highest BCUT2D eigenvalue weighted by Crippen LogP contribution is 2.40. The van der Waals surface area contributed by atoms with Crippen molar-refractivity contribution in [1.82, 2.24) is 9.88 Å². The number of halogens is 3. The number of nitrogens with zero attached hydrogens (tertiary/aromatic N) is 2. The molecule has 5 nitrogen and oxygen atoms in total. The van der Waals surface area contributed by atoms with Crippen LogP contribution in [-0.2, 0) is 15.8 Å². The Kier molecular flexibility index (Phi) is 5.28. The van der Waals surface area contributed by atoms with Crippen LogP contribution in [0.1, 0.15) is 28.4 Å². The van der Waals surface area contributed by atoms with E-state index in [9.17, 15) is 27.9 Å². The van der Waals surface area contributed by atoms with Crippen molar-refractivity contribution in [2.45, 2.75) is 19.1 Å². The van der Waals surface area contributed by atoms with Crippen molar-refractivity contribution in [2.24, 2.45) is 0 Å². The molecule has 1 aromatic heterocycles. The summed E-state index contributed by atoms with van der Waals surface area (Å²) in [7, 11) is 0. The normalized spacial score (nSPS) is 18.9. The topological polar surface area (TPSA) is 70.5 Å². The Balaban J connectivity index is 2.16. The van der Waals surface area contributed by atoms with Crippen LogP contribution in [0, 0.1) is 6.92 Å². The highest BCUT2D eigenvalue weighted by atomic mass is 19.4. The van der Waals surface area contributed by atoms with Crippen LogP contribution in [0.3, 0.4) is 0 Å². The van der Waals surface area contributed by atoms with Gasteiger partial charge < -0.3 is 10.0 Å². The summed E-state index contributed by atoms with van der Waals surface area (Å²) in [5.41, 5.74) is 0.115. The number of amides is 1. The van der Waals surface area contributed by atoms with E-state index in [0.717, 1.165) is 17.0 Å². The molecule has 1 aromatic carbocycles. The molecule has 0 spiro atoms. The van der Waals surface area contributed by atoms with Gasteiger partial charge in [-0.2, -0.15) is 13.2 Å². The average molecular weight is 402 g/mol. The summed E-state index contributed by atoms with van der Waals surface area (Å²) in [5.74, 6) is -2.22. The molecular formula is C21H17F3N2O3. The summed E-state index contributed by atoms with van der Waals surface area (Å²) < 4.78 is 38.7. The van der Waals surface area contributed by atoms with E-state index in [0.29, 0.717) is 5.69 Å². The molecule has 29 heavy (non-hydrogen) atoms. The number of alkyl halides is 3. The summed E-state index contributed by atoms with van der Waals surface area (Å²) in [6.07, 6.45) is -1.76. The number of aliphatic hydroxyl groups is 1. The van der Waals surface area contributed by atoms with Crippen molar-refractivity contribution < 1.29 is 27.9 Å². The molecular weight excluding hydrogens is 385 g/mol. The van der Waals surface area contributed by atoms with Gasteiger partial charge in [-0.3, -0.25) is 14.6 Å². The number of Topliss-reactive ketones (excluding diaryl/α,β-unsaturated/α-hetero) is 1. The van der Waals surface area contributed by atoms with Gasteiger partial charge in [0.15, 0.2) is 0 Å². The summed E-state index contributed by atoms with van der Waals surface area (Å²) in [4.78, 5) is 30.4. The van der Waals surface area contributed by atoms with Crippen molar-refractivity contribution in [3.63, 3.8) is 0 Å². The molecule has 1 saturated heterocycles. The van der Waals surface area contributed by atoms with Crippen LogP contribution < -0.4 is 0 Å². The number of hydrogen-bond acceptors (Lipinski definition) is 4. The Bertz CT molecular complexity index is 993. The van der Waals surface area contributed by atoms with Crippen LogP contribution >= 0.6 is 0 Å². The number of rotatable bonds is 4. The molecule has 1 fully saturated rings. The molecule has 150 valence electrons. The maximum Gasteiger partial charge on any atom is 0.416 e. The van der Waals surface area contributed by atoms with Crippen molar-refractivity contribution in [2.75, 3.05) is 6.54 Å². The molecule has 2 aromatic rings. The number of aromatic nitrogens is 1. The van der Waals surface area contributed by atoms with Gasteiger partial charge in [-0.25, -0.2) is 0 Å². The fraction of sp³-hybridized carbons (Fsp3) is 0.190. The Morgan fingerprint density at radius 3 is 2.38 bits per heavy atom. The molecule has 1 aliphatic heterocycles. The molecule has 0 bridgehead atoms. The van der Waals surface area contributed by atoms with Crippen LogP contribution in [0.2, 0.25) is 0 Å². The highest BCUT2D eigenvalue weighted by molar-refractivity contribution is 6.46. The third-order valence-electron chi connectivity index (χ3n) is 4.60. The lowest BCUT2D eigenvalue weighted by Gasteiger charge is -2.24. The lowest BCUT2D eigenvalue weighted by atomic mass is 9.95. The zero-order chi connectivity index (χ0) is 21.3. The molecule has 1 amide bonds. The van der Waals surface area contributed by atoms with E-state index < -0.39 is 35.2 Å². The third-order valence-corrected chi connectivity index (χ3v) is 4.60. The number of benzene rings is 1. The van der Waals surface area contributed by atoms with Gasteiger partial charge in [0, 0.05) is 24.0 Å². The van der Waals surface area contributed by atoms with E-state index >= 15 is 0 Å². The van der Waals surface area contributed by atoms with E-state index in [2.05, 4.69) is 11.6 Å². The predicted octanol–water partition coefficient (Wildman–Crippen LogP) is 4.02. The third kappa shape index (κ3) is 3.78. The largest absolute Gasteiger partial charge is 0.507 e. The summed E-state index contributed by atoms with van der Waals surface area (Å²) in [6.45, 7) is 5.28. The smallest absolute Gasteiger partial charge is 0.416 e. The Hall–Kier alpha value is -3.42. The molecule has 1 atom stereocenters. The first-order valence-corrected chi connectivity index (χ1v) is 8.64. The molecule has 2 heterocycles. The lowest BCUT2D eigenvalue weighted by molar-refractivity contribution is -0.139. The number of hydrogen-bond donors (Lipinski definition) is 1. The van der Waals surface area contributed by atoms with Crippen LogP contribution in [0.5, 0.6) is 0 Å². The van der Waals surface area contributed by atoms with Crippen molar-refractivity contribution in [3.05, 3.63) is 83.2 Å². The molecule has 1 N–H and O–H groups in total. The van der Waals surface area contributed by atoms with Gasteiger partial charge in [0.05, 0.1) is 17.2 Å². The second kappa shape index (κ2) is 7.54. The monoisotopic (exact) mass is 402 g/mol. The van der Waals surface area contributed by atoms with Gasteiger partial charge in [-0.05, 0) is 36.8 Å². The summed E-state index contributed by atoms with van der Waals surface area (Å²) in [6, 6.07) is 6.25. The van der Waals surface area contributed by atoms with Gasteiger partial charge in [0.2, 0.25) is 0 Å². The van der Waals surface area contributed by atoms with Crippen LogP contribution in [0.25, 0.3) is 5.76 Å². The van der Waals surface area contributed by atoms with Gasteiger partial charge in [-0.1, -0.05) is 18.2 Å². The first kappa shape index (κ1) is 20.3. The maximum absolute atomic E-state index is 12.9. The van der Waals surface area contributed by atoms with E-state index in [4.69, 9.17) is 0 Å². The standard InChI is InChI=1S/C21H17F3N2O3/c1-3-10-26-17(13-6-8-15(9-7-13)21(22,23)24)16(19(28)20(26)29)18(27)14-5-4-12(2)25-11-14/h3-9,11,17,27H,1,10H2,2H3/b18-16+. The Morgan fingerprint density at radius 2 is 1.86 bits per heavy atom. The summed E-state index contributed by atoms with van der Waals surface area (Å²) >= 11 is 0. The number of ketones is 1. The molecule has 0 saturated carbocycles. The number of pyridine rings is 1. The minimum Gasteiger partial charge on any atom is -0.507 e. The number of carbonyl (C=O) groups is 2. The zero-order valence-electron chi connectivity index (χ0n) is 15.4. The second-order valence-electron chi connectivity index (χ2n) is 6.55. The van der Waals surface area contributed by atoms with E-state index in [1.807, 2.05) is 0 Å². The van der Waals surface area contributed by atoms with Gasteiger partial charge >= 0.3 is 6.18 Å². The van der Waals surface area contributed by atoms with Crippen LogP contribution in [0.15, 0.2) is 60.8 Å². The predicted molar refractivity (Wildman–Crippen MR) is 99.6 cm³/mol. The number of aryl methyl sites for hydroxylation is 1. The Labute approximate surface area is 164 Å². The Morgan fingerprint density at radius 1 is 1.21 bits per heavy atom. The van der Waals surface area contributed by atoms with Crippen LogP contribution in [0.4, 0.5) is 13.2 Å². The molecule has 0 aliphatic carbocycles. The first-order valence-electron chi connectivity index (χ1n) is 8.64. The van der Waals surface area contributed by atoms with Crippen molar-refractivity contribution in [1.29, 1.82) is 0 Å². The minimum absolute atomic E-state index is 0.0147. The number of aliphatic hydroxyl groups excluding tert-OH is 1. The quantitative estimate of drug-likeness (QED) is 0.363. The van der Waals surface area contributed by atoms with E-state index in [1.165, 1.54) is 24.4 Å². The van der Waals surface area contributed by atoms with Gasteiger partial charge in [0.1, 0.15) is 5.76 Å². The average Bonchev–Trinajstić information content (AvgIpc) is 2.93. The van der Waals surface area contributed by atoms with Gasteiger partial charge in [0.25, 0.3) is 11.7 Å². The summed E-state index contributed by atoms with van der Waals surface area (Å²) in [5, 5.41) is 10.7. The van der Waals surface area contributed by atoms with E-state index in [-0.39, 0.29) is 23.2 Å². The number of likely N-dealkylation sites (tertiary alicyclic amines) is 1.